The molecule has 0 aliphatic heterocycles. The fourth-order valence-electron chi connectivity index (χ4n) is 1.61. The Morgan fingerprint density at radius 3 is 2.53 bits per heavy atom. The van der Waals surface area contributed by atoms with Crippen molar-refractivity contribution in [3.63, 3.8) is 0 Å². The summed E-state index contributed by atoms with van der Waals surface area (Å²) in [6.07, 6.45) is 2.35. The van der Waals surface area contributed by atoms with Crippen molar-refractivity contribution in [1.29, 1.82) is 0 Å². The van der Waals surface area contributed by atoms with Crippen molar-refractivity contribution in [2.45, 2.75) is 19.9 Å². The molecule has 1 rings (SSSR count). The highest BCUT2D eigenvalue weighted by molar-refractivity contribution is 5.86. The number of aliphatic carboxylic acids is 1. The van der Waals surface area contributed by atoms with E-state index in [0.29, 0.717) is 18.5 Å². The molecule has 0 heterocycles. The number of carbonyl (C=O) groups is 1. The number of benzene rings is 1. The van der Waals surface area contributed by atoms with Gasteiger partial charge in [-0.2, -0.15) is 0 Å². The minimum absolute atomic E-state index is 0.477. The summed E-state index contributed by atoms with van der Waals surface area (Å²) in [6.45, 7) is 3.34. The van der Waals surface area contributed by atoms with Crippen molar-refractivity contribution >= 4 is 5.97 Å². The van der Waals surface area contributed by atoms with Gasteiger partial charge in [-0.3, -0.25) is 4.90 Å². The molecule has 0 spiro atoms. The van der Waals surface area contributed by atoms with Crippen molar-refractivity contribution in [2.24, 2.45) is 0 Å². The van der Waals surface area contributed by atoms with Crippen LogP contribution >= 0.6 is 0 Å². The third-order valence-corrected chi connectivity index (χ3v) is 2.60. The highest BCUT2D eigenvalue weighted by atomic mass is 16.4. The van der Waals surface area contributed by atoms with Gasteiger partial charge in [0.1, 0.15) is 0 Å². The van der Waals surface area contributed by atoms with Crippen molar-refractivity contribution in [2.75, 3.05) is 13.6 Å². The van der Waals surface area contributed by atoms with Crippen molar-refractivity contribution in [3.8, 4) is 0 Å². The van der Waals surface area contributed by atoms with E-state index in [-0.39, 0.29) is 0 Å². The van der Waals surface area contributed by atoms with E-state index in [9.17, 15) is 4.79 Å². The lowest BCUT2D eigenvalue weighted by molar-refractivity contribution is -0.132. The summed E-state index contributed by atoms with van der Waals surface area (Å²) in [5, 5.41) is 8.89. The van der Waals surface area contributed by atoms with Gasteiger partial charge in [0.15, 0.2) is 0 Å². The standard InChI is InChI=1S/C14H19NO2/c1-3-13(14(16)17)9-10-15(2)11-12-7-5-4-6-8-12/h4-9H,3,10-11H2,1-2H3,(H,16,17)/b13-9-. The van der Waals surface area contributed by atoms with Gasteiger partial charge in [0, 0.05) is 18.7 Å². The summed E-state index contributed by atoms with van der Waals surface area (Å²) in [5.74, 6) is -0.819. The van der Waals surface area contributed by atoms with E-state index in [2.05, 4.69) is 17.0 Å². The van der Waals surface area contributed by atoms with Gasteiger partial charge in [-0.05, 0) is 19.0 Å². The first-order valence-electron chi connectivity index (χ1n) is 5.78. The van der Waals surface area contributed by atoms with E-state index >= 15 is 0 Å². The van der Waals surface area contributed by atoms with E-state index in [1.807, 2.05) is 32.2 Å². The Bertz CT molecular complexity index is 384. The fraction of sp³-hybridized carbons (Fsp3) is 0.357. The third kappa shape index (κ3) is 4.83. The van der Waals surface area contributed by atoms with Crippen LogP contribution in [-0.2, 0) is 11.3 Å². The number of nitrogens with zero attached hydrogens (tertiary/aromatic N) is 1. The Morgan fingerprint density at radius 1 is 1.35 bits per heavy atom. The second kappa shape index (κ2) is 6.86. The second-order valence-corrected chi connectivity index (χ2v) is 4.07. The van der Waals surface area contributed by atoms with Gasteiger partial charge < -0.3 is 5.11 Å². The maximum absolute atomic E-state index is 10.8. The SMILES string of the molecule is CC/C(=C/CN(C)Cc1ccccc1)C(=O)O. The van der Waals surface area contributed by atoms with Crippen LogP contribution < -0.4 is 0 Å². The lowest BCUT2D eigenvalue weighted by Gasteiger charge is -2.14. The minimum Gasteiger partial charge on any atom is -0.478 e. The van der Waals surface area contributed by atoms with E-state index < -0.39 is 5.97 Å². The van der Waals surface area contributed by atoms with Crippen LogP contribution in [0, 0.1) is 0 Å². The molecule has 92 valence electrons. The molecule has 1 aromatic carbocycles. The van der Waals surface area contributed by atoms with Crippen LogP contribution in [0.2, 0.25) is 0 Å². The number of rotatable bonds is 6. The predicted octanol–water partition coefficient (Wildman–Crippen LogP) is 2.54. The maximum atomic E-state index is 10.8. The second-order valence-electron chi connectivity index (χ2n) is 4.07. The first-order chi connectivity index (χ1) is 8.13. The zero-order valence-corrected chi connectivity index (χ0v) is 10.4. The Labute approximate surface area is 102 Å². The molecule has 0 aliphatic carbocycles. The van der Waals surface area contributed by atoms with Crippen LogP contribution in [0.25, 0.3) is 0 Å². The number of hydrogen-bond acceptors (Lipinski definition) is 2. The van der Waals surface area contributed by atoms with Gasteiger partial charge in [0.05, 0.1) is 0 Å². The van der Waals surface area contributed by atoms with Crippen LogP contribution in [0.3, 0.4) is 0 Å². The first-order valence-corrected chi connectivity index (χ1v) is 5.78. The normalized spacial score (nSPS) is 11.8. The summed E-state index contributed by atoms with van der Waals surface area (Å²) < 4.78 is 0. The molecule has 0 atom stereocenters. The minimum atomic E-state index is -0.819. The van der Waals surface area contributed by atoms with Crippen LogP contribution in [-0.4, -0.2) is 29.6 Å². The molecule has 17 heavy (non-hydrogen) atoms. The van der Waals surface area contributed by atoms with Gasteiger partial charge in [-0.25, -0.2) is 4.79 Å². The van der Waals surface area contributed by atoms with Crippen molar-refractivity contribution in [3.05, 3.63) is 47.5 Å². The molecule has 0 unspecified atom stereocenters. The first kappa shape index (κ1) is 13.5. The Balaban J connectivity index is 2.50. The average molecular weight is 233 g/mol. The van der Waals surface area contributed by atoms with Crippen LogP contribution in [0.15, 0.2) is 42.0 Å². The molecule has 3 heteroatoms. The molecule has 0 fully saturated rings. The lowest BCUT2D eigenvalue weighted by Crippen LogP contribution is -2.18. The molecule has 0 bridgehead atoms. The Hall–Kier alpha value is -1.61. The molecule has 0 saturated heterocycles. The smallest absolute Gasteiger partial charge is 0.331 e. The maximum Gasteiger partial charge on any atom is 0.331 e. The fourth-order valence-corrected chi connectivity index (χ4v) is 1.61. The van der Waals surface area contributed by atoms with E-state index in [1.54, 1.807) is 6.08 Å². The van der Waals surface area contributed by atoms with E-state index in [0.717, 1.165) is 6.54 Å². The molecule has 0 radical (unpaired) electrons. The average Bonchev–Trinajstić information content (AvgIpc) is 2.30. The third-order valence-electron chi connectivity index (χ3n) is 2.60. The number of likely N-dealkylation sites (N-methyl/N-ethyl adjacent to an activating group) is 1. The number of carboxylic acids is 1. The topological polar surface area (TPSA) is 40.5 Å². The van der Waals surface area contributed by atoms with Gasteiger partial charge in [0.2, 0.25) is 0 Å². The van der Waals surface area contributed by atoms with Crippen LogP contribution in [0.5, 0.6) is 0 Å². The van der Waals surface area contributed by atoms with Gasteiger partial charge in [0.25, 0.3) is 0 Å². The van der Waals surface area contributed by atoms with Gasteiger partial charge in [-0.15, -0.1) is 0 Å². The molecule has 1 aromatic rings. The molecular formula is C14H19NO2. The lowest BCUT2D eigenvalue weighted by atomic mass is 10.2. The van der Waals surface area contributed by atoms with Crippen LogP contribution in [0.4, 0.5) is 0 Å². The van der Waals surface area contributed by atoms with Crippen LogP contribution in [0.1, 0.15) is 18.9 Å². The molecular weight excluding hydrogens is 214 g/mol. The molecule has 0 aliphatic rings. The van der Waals surface area contributed by atoms with E-state index in [4.69, 9.17) is 5.11 Å². The summed E-state index contributed by atoms with van der Waals surface area (Å²) in [4.78, 5) is 12.9. The summed E-state index contributed by atoms with van der Waals surface area (Å²) >= 11 is 0. The predicted molar refractivity (Wildman–Crippen MR) is 68.8 cm³/mol. The van der Waals surface area contributed by atoms with Crippen molar-refractivity contribution in [1.82, 2.24) is 4.90 Å². The quantitative estimate of drug-likeness (QED) is 0.768. The molecule has 0 amide bonds. The monoisotopic (exact) mass is 233 g/mol. The zero-order valence-electron chi connectivity index (χ0n) is 10.4. The molecule has 0 aromatic heterocycles. The largest absolute Gasteiger partial charge is 0.478 e. The molecule has 0 saturated carbocycles. The summed E-state index contributed by atoms with van der Waals surface area (Å²) in [7, 11) is 1.98. The van der Waals surface area contributed by atoms with E-state index in [1.165, 1.54) is 5.56 Å². The highest BCUT2D eigenvalue weighted by Gasteiger charge is 2.04. The summed E-state index contributed by atoms with van der Waals surface area (Å²) in [6, 6.07) is 10.1. The number of carboxylic acid groups (broad SMARTS) is 1. The zero-order chi connectivity index (χ0) is 12.7. The molecule has 3 nitrogen and oxygen atoms in total. The highest BCUT2D eigenvalue weighted by Crippen LogP contribution is 2.05. The van der Waals surface area contributed by atoms with Gasteiger partial charge >= 0.3 is 5.97 Å². The Kier molecular flexibility index (Phi) is 5.43. The Morgan fingerprint density at radius 2 is 2.00 bits per heavy atom. The summed E-state index contributed by atoms with van der Waals surface area (Å²) in [5.41, 5.74) is 1.71. The number of hydrogen-bond donors (Lipinski definition) is 1. The molecule has 1 N–H and O–H groups in total. The van der Waals surface area contributed by atoms with Gasteiger partial charge in [-0.1, -0.05) is 43.3 Å². The van der Waals surface area contributed by atoms with Crippen molar-refractivity contribution < 1.29 is 9.90 Å².